The lowest BCUT2D eigenvalue weighted by Gasteiger charge is -2.14. The van der Waals surface area contributed by atoms with E-state index in [1.54, 1.807) is 0 Å². The molecule has 0 bridgehead atoms. The first-order valence-corrected chi connectivity index (χ1v) is 5.75. The number of ether oxygens (including phenoxy) is 1. The third kappa shape index (κ3) is 4.07. The number of nitrogens with one attached hydrogen (secondary N) is 1. The van der Waals surface area contributed by atoms with Crippen molar-refractivity contribution in [2.45, 2.75) is 19.5 Å². The molecule has 2 rings (SSSR count). The van der Waals surface area contributed by atoms with Gasteiger partial charge in [0, 0.05) is 12.4 Å². The molecule has 114 valence electrons. The lowest BCUT2D eigenvalue weighted by Crippen LogP contribution is -2.18. The summed E-state index contributed by atoms with van der Waals surface area (Å²) >= 11 is 0. The Morgan fingerprint density at radius 1 is 1.24 bits per heavy atom. The van der Waals surface area contributed by atoms with Gasteiger partial charge in [0.1, 0.15) is 5.82 Å². The fourth-order valence-electron chi connectivity index (χ4n) is 1.66. The standard InChI is InChI=1S/C12H10F5N3O/c13-11(14)20-6-5-18-10(20)7-19-8-3-1-2-4-9(8)21-12(15,16)17/h1-6,11,19H,7H2. The molecule has 0 atom stereocenters. The highest BCUT2D eigenvalue weighted by Crippen LogP contribution is 2.30. The molecule has 0 saturated carbocycles. The molecule has 0 aliphatic heterocycles. The molecule has 0 spiro atoms. The summed E-state index contributed by atoms with van der Waals surface area (Å²) in [6.45, 7) is -2.94. The Bertz CT molecular complexity index is 597. The van der Waals surface area contributed by atoms with Gasteiger partial charge in [-0.2, -0.15) is 8.78 Å². The summed E-state index contributed by atoms with van der Waals surface area (Å²) in [5.41, 5.74) is 0.0265. The number of hydrogen-bond donors (Lipinski definition) is 1. The Hall–Kier alpha value is -2.32. The van der Waals surface area contributed by atoms with Gasteiger partial charge in [-0.05, 0) is 12.1 Å². The summed E-state index contributed by atoms with van der Waals surface area (Å²) in [4.78, 5) is 3.71. The first-order chi connectivity index (χ1) is 9.87. The summed E-state index contributed by atoms with van der Waals surface area (Å²) in [5, 5.41) is 2.59. The zero-order chi connectivity index (χ0) is 15.5. The molecule has 0 fully saturated rings. The van der Waals surface area contributed by atoms with Crippen LogP contribution in [0.2, 0.25) is 0 Å². The summed E-state index contributed by atoms with van der Waals surface area (Å²) < 4.78 is 66.4. The lowest BCUT2D eigenvalue weighted by molar-refractivity contribution is -0.274. The van der Waals surface area contributed by atoms with Crippen molar-refractivity contribution in [3.8, 4) is 5.75 Å². The first-order valence-electron chi connectivity index (χ1n) is 5.75. The van der Waals surface area contributed by atoms with Crippen LogP contribution in [-0.2, 0) is 6.54 Å². The average molecular weight is 307 g/mol. The van der Waals surface area contributed by atoms with E-state index in [0.29, 0.717) is 4.57 Å². The number of aromatic nitrogens is 2. The van der Waals surface area contributed by atoms with E-state index in [9.17, 15) is 22.0 Å². The maximum absolute atomic E-state index is 12.6. The third-order valence-corrected chi connectivity index (χ3v) is 2.51. The summed E-state index contributed by atoms with van der Waals surface area (Å²) in [6.07, 6.45) is -2.57. The van der Waals surface area contributed by atoms with Gasteiger partial charge in [-0.1, -0.05) is 12.1 Å². The Labute approximate surface area is 116 Å². The van der Waals surface area contributed by atoms with E-state index in [4.69, 9.17) is 0 Å². The molecular weight excluding hydrogens is 297 g/mol. The van der Waals surface area contributed by atoms with E-state index < -0.39 is 18.7 Å². The fraction of sp³-hybridized carbons (Fsp3) is 0.250. The minimum Gasteiger partial charge on any atom is -0.404 e. The molecule has 1 heterocycles. The average Bonchev–Trinajstić information content (AvgIpc) is 2.84. The Kier molecular flexibility index (Phi) is 4.29. The van der Waals surface area contributed by atoms with Gasteiger partial charge in [0.05, 0.1) is 12.2 Å². The van der Waals surface area contributed by atoms with Gasteiger partial charge in [-0.15, -0.1) is 13.2 Å². The number of rotatable bonds is 5. The zero-order valence-corrected chi connectivity index (χ0v) is 10.4. The molecule has 0 unspecified atom stereocenters. The van der Waals surface area contributed by atoms with Crippen LogP contribution in [0.15, 0.2) is 36.7 Å². The molecule has 2 aromatic rings. The third-order valence-electron chi connectivity index (χ3n) is 2.51. The van der Waals surface area contributed by atoms with Gasteiger partial charge in [0.15, 0.2) is 5.75 Å². The SMILES string of the molecule is FC(F)n1ccnc1CNc1ccccc1OC(F)(F)F. The number of anilines is 1. The highest BCUT2D eigenvalue weighted by molar-refractivity contribution is 5.56. The Morgan fingerprint density at radius 3 is 2.62 bits per heavy atom. The molecule has 0 saturated heterocycles. The summed E-state index contributed by atoms with van der Waals surface area (Å²) in [5.74, 6) is -0.452. The van der Waals surface area contributed by atoms with E-state index in [1.807, 2.05) is 0 Å². The summed E-state index contributed by atoms with van der Waals surface area (Å²) in [6, 6.07) is 5.32. The maximum Gasteiger partial charge on any atom is 0.573 e. The predicted molar refractivity (Wildman–Crippen MR) is 63.9 cm³/mol. The quantitative estimate of drug-likeness (QED) is 0.854. The van der Waals surface area contributed by atoms with Gasteiger partial charge >= 0.3 is 12.9 Å². The van der Waals surface area contributed by atoms with E-state index >= 15 is 0 Å². The second kappa shape index (κ2) is 5.98. The molecule has 0 amide bonds. The van der Waals surface area contributed by atoms with Crippen molar-refractivity contribution in [2.75, 3.05) is 5.32 Å². The van der Waals surface area contributed by atoms with E-state index in [0.717, 1.165) is 12.3 Å². The monoisotopic (exact) mass is 307 g/mol. The second-order valence-corrected chi connectivity index (χ2v) is 3.93. The van der Waals surface area contributed by atoms with Crippen molar-refractivity contribution in [1.82, 2.24) is 9.55 Å². The van der Waals surface area contributed by atoms with Crippen molar-refractivity contribution in [3.05, 3.63) is 42.5 Å². The number of imidazole rings is 1. The maximum atomic E-state index is 12.6. The fourth-order valence-corrected chi connectivity index (χ4v) is 1.66. The van der Waals surface area contributed by atoms with Crippen LogP contribution in [0.5, 0.6) is 5.75 Å². The molecule has 0 aliphatic rings. The van der Waals surface area contributed by atoms with Gasteiger partial charge in [0.25, 0.3) is 0 Å². The second-order valence-electron chi connectivity index (χ2n) is 3.93. The van der Waals surface area contributed by atoms with Crippen LogP contribution < -0.4 is 10.1 Å². The molecule has 21 heavy (non-hydrogen) atoms. The van der Waals surface area contributed by atoms with Gasteiger partial charge < -0.3 is 10.1 Å². The smallest absolute Gasteiger partial charge is 0.404 e. The summed E-state index contributed by atoms with van der Waals surface area (Å²) in [7, 11) is 0. The predicted octanol–water partition coefficient (Wildman–Crippen LogP) is 3.79. The van der Waals surface area contributed by atoms with Crippen molar-refractivity contribution in [1.29, 1.82) is 0 Å². The van der Waals surface area contributed by atoms with Crippen LogP contribution in [0.4, 0.5) is 27.6 Å². The lowest BCUT2D eigenvalue weighted by atomic mass is 10.3. The van der Waals surface area contributed by atoms with Crippen molar-refractivity contribution in [2.24, 2.45) is 0 Å². The molecular formula is C12H10F5N3O. The first kappa shape index (κ1) is 15.1. The van der Waals surface area contributed by atoms with E-state index in [-0.39, 0.29) is 18.1 Å². The Morgan fingerprint density at radius 2 is 1.95 bits per heavy atom. The molecule has 1 N–H and O–H groups in total. The van der Waals surface area contributed by atoms with Gasteiger partial charge in [-0.3, -0.25) is 4.57 Å². The van der Waals surface area contributed by atoms with E-state index in [2.05, 4.69) is 15.0 Å². The molecule has 1 aromatic carbocycles. The number of alkyl halides is 5. The molecule has 0 aliphatic carbocycles. The number of hydrogen-bond acceptors (Lipinski definition) is 3. The van der Waals surface area contributed by atoms with Crippen LogP contribution in [0.25, 0.3) is 0 Å². The normalized spacial score (nSPS) is 11.7. The minimum absolute atomic E-state index is 0.00758. The van der Waals surface area contributed by atoms with E-state index in [1.165, 1.54) is 24.4 Å². The van der Waals surface area contributed by atoms with Crippen LogP contribution in [0, 0.1) is 0 Å². The van der Waals surface area contributed by atoms with Crippen LogP contribution >= 0.6 is 0 Å². The van der Waals surface area contributed by atoms with Crippen LogP contribution in [0.3, 0.4) is 0 Å². The molecule has 0 radical (unpaired) electrons. The minimum atomic E-state index is -4.83. The van der Waals surface area contributed by atoms with Crippen molar-refractivity contribution < 1.29 is 26.7 Å². The highest BCUT2D eigenvalue weighted by Gasteiger charge is 2.32. The van der Waals surface area contributed by atoms with Crippen molar-refractivity contribution in [3.63, 3.8) is 0 Å². The number of nitrogens with zero attached hydrogens (tertiary/aromatic N) is 2. The zero-order valence-electron chi connectivity index (χ0n) is 10.4. The van der Waals surface area contributed by atoms with Crippen molar-refractivity contribution >= 4 is 5.69 Å². The van der Waals surface area contributed by atoms with Gasteiger partial charge in [0.2, 0.25) is 0 Å². The van der Waals surface area contributed by atoms with Crippen LogP contribution in [-0.4, -0.2) is 15.9 Å². The number of para-hydroxylation sites is 2. The molecule has 9 heteroatoms. The van der Waals surface area contributed by atoms with Crippen LogP contribution in [0.1, 0.15) is 12.4 Å². The molecule has 1 aromatic heterocycles. The highest BCUT2D eigenvalue weighted by atomic mass is 19.4. The van der Waals surface area contributed by atoms with Gasteiger partial charge in [-0.25, -0.2) is 4.98 Å². The Balaban J connectivity index is 2.11. The topological polar surface area (TPSA) is 39.1 Å². The largest absolute Gasteiger partial charge is 0.573 e. The number of benzene rings is 1. The number of halogens is 5. The molecule has 4 nitrogen and oxygen atoms in total.